The van der Waals surface area contributed by atoms with Gasteiger partial charge in [-0.3, -0.25) is 4.79 Å². The highest BCUT2D eigenvalue weighted by atomic mass is 79.9. The van der Waals surface area contributed by atoms with Gasteiger partial charge in [-0.05, 0) is 40.9 Å². The molecule has 0 spiro atoms. The second-order valence-electron chi connectivity index (χ2n) is 4.58. The van der Waals surface area contributed by atoms with Crippen molar-refractivity contribution < 1.29 is 9.53 Å². The monoisotopic (exact) mass is 365 g/mol. The zero-order valence-electron chi connectivity index (χ0n) is 10.2. The van der Waals surface area contributed by atoms with E-state index < -0.39 is 5.54 Å². The summed E-state index contributed by atoms with van der Waals surface area (Å²) in [6.07, 6.45) is 1.43. The zero-order valence-corrected chi connectivity index (χ0v) is 13.3. The third-order valence-corrected chi connectivity index (χ3v) is 5.09. The number of benzene rings is 1. The normalized spacial score (nSPS) is 18.1. The first-order chi connectivity index (χ1) is 9.08. The topological polar surface area (TPSA) is 38.3 Å². The van der Waals surface area contributed by atoms with Gasteiger partial charge in [0.15, 0.2) is 0 Å². The van der Waals surface area contributed by atoms with Gasteiger partial charge in [-0.2, -0.15) is 0 Å². The molecule has 6 heteroatoms. The first-order valence-electron chi connectivity index (χ1n) is 5.98. The fourth-order valence-electron chi connectivity index (χ4n) is 2.04. The average molecular weight is 367 g/mol. The number of hydrogen-bond donors (Lipinski definition) is 1. The van der Waals surface area contributed by atoms with Gasteiger partial charge in [-0.25, -0.2) is 0 Å². The SMILES string of the molecule is O=C(NC1(CCl)CCOCC1)c1cccc(Br)c1Cl. The molecule has 0 radical (unpaired) electrons. The van der Waals surface area contributed by atoms with Crippen LogP contribution in [0.5, 0.6) is 0 Å². The molecule has 0 unspecified atom stereocenters. The molecular formula is C13H14BrCl2NO2. The Morgan fingerprint density at radius 1 is 1.42 bits per heavy atom. The van der Waals surface area contributed by atoms with Gasteiger partial charge >= 0.3 is 0 Å². The molecule has 1 aliphatic heterocycles. The van der Waals surface area contributed by atoms with E-state index in [1.165, 1.54) is 0 Å². The second kappa shape index (κ2) is 6.44. The number of halogens is 3. The van der Waals surface area contributed by atoms with E-state index in [4.69, 9.17) is 27.9 Å². The lowest BCUT2D eigenvalue weighted by Gasteiger charge is -2.36. The van der Waals surface area contributed by atoms with Gasteiger partial charge < -0.3 is 10.1 Å². The minimum Gasteiger partial charge on any atom is -0.381 e. The highest BCUT2D eigenvalue weighted by molar-refractivity contribution is 9.10. The number of ether oxygens (including phenoxy) is 1. The predicted molar refractivity (Wildman–Crippen MR) is 80.1 cm³/mol. The summed E-state index contributed by atoms with van der Waals surface area (Å²) in [7, 11) is 0. The number of hydrogen-bond acceptors (Lipinski definition) is 2. The van der Waals surface area contributed by atoms with Crippen LogP contribution in [-0.4, -0.2) is 30.5 Å². The standard InChI is InChI=1S/C13H14BrCl2NO2/c14-10-3-1-2-9(11(10)16)12(18)17-13(8-15)4-6-19-7-5-13/h1-3H,4-8H2,(H,17,18). The molecule has 104 valence electrons. The molecule has 1 N–H and O–H groups in total. The summed E-state index contributed by atoms with van der Waals surface area (Å²) in [5.41, 5.74) is 0.0507. The number of carbonyl (C=O) groups is 1. The Morgan fingerprint density at radius 2 is 2.11 bits per heavy atom. The smallest absolute Gasteiger partial charge is 0.253 e. The Hall–Kier alpha value is -0.290. The first-order valence-corrected chi connectivity index (χ1v) is 7.69. The van der Waals surface area contributed by atoms with Crippen molar-refractivity contribution in [3.63, 3.8) is 0 Å². The first kappa shape index (κ1) is 15.1. The minimum absolute atomic E-state index is 0.200. The van der Waals surface area contributed by atoms with Crippen LogP contribution in [0, 0.1) is 0 Å². The maximum atomic E-state index is 12.3. The van der Waals surface area contributed by atoms with Gasteiger partial charge in [0.2, 0.25) is 0 Å². The van der Waals surface area contributed by atoms with E-state index in [0.717, 1.165) is 0 Å². The van der Waals surface area contributed by atoms with Crippen molar-refractivity contribution in [1.82, 2.24) is 5.32 Å². The van der Waals surface area contributed by atoms with Gasteiger partial charge in [-0.1, -0.05) is 17.7 Å². The van der Waals surface area contributed by atoms with Crippen molar-refractivity contribution in [2.75, 3.05) is 19.1 Å². The minimum atomic E-state index is -0.400. The van der Waals surface area contributed by atoms with Crippen LogP contribution in [0.2, 0.25) is 5.02 Å². The zero-order chi connectivity index (χ0) is 13.9. The van der Waals surface area contributed by atoms with Crippen LogP contribution in [0.15, 0.2) is 22.7 Å². The second-order valence-corrected chi connectivity index (χ2v) is 6.08. The molecule has 1 heterocycles. The summed E-state index contributed by atoms with van der Waals surface area (Å²) >= 11 is 15.5. The van der Waals surface area contributed by atoms with Crippen LogP contribution in [0.25, 0.3) is 0 Å². The summed E-state index contributed by atoms with van der Waals surface area (Å²) in [5.74, 6) is 0.169. The van der Waals surface area contributed by atoms with E-state index in [2.05, 4.69) is 21.2 Å². The Balaban J connectivity index is 2.17. The quantitative estimate of drug-likeness (QED) is 0.829. The summed E-state index contributed by atoms with van der Waals surface area (Å²) in [4.78, 5) is 12.3. The highest BCUT2D eigenvalue weighted by Crippen LogP contribution is 2.28. The molecule has 1 aromatic rings. The van der Waals surface area contributed by atoms with Crippen molar-refractivity contribution in [3.8, 4) is 0 Å². The van der Waals surface area contributed by atoms with E-state index in [0.29, 0.717) is 47.0 Å². The van der Waals surface area contributed by atoms with Crippen molar-refractivity contribution in [2.45, 2.75) is 18.4 Å². The van der Waals surface area contributed by atoms with Crippen molar-refractivity contribution in [2.24, 2.45) is 0 Å². The molecule has 0 bridgehead atoms. The summed E-state index contributed by atoms with van der Waals surface area (Å²) in [5, 5.41) is 3.42. The Morgan fingerprint density at radius 3 is 2.74 bits per heavy atom. The molecule has 3 nitrogen and oxygen atoms in total. The Kier molecular flexibility index (Phi) is 5.12. The van der Waals surface area contributed by atoms with Gasteiger partial charge in [0.25, 0.3) is 5.91 Å². The molecule has 1 aliphatic rings. The number of amides is 1. The largest absolute Gasteiger partial charge is 0.381 e. The third kappa shape index (κ3) is 3.43. The van der Waals surface area contributed by atoms with Crippen LogP contribution < -0.4 is 5.32 Å². The molecule has 19 heavy (non-hydrogen) atoms. The number of rotatable bonds is 3. The molecule has 1 fully saturated rings. The number of alkyl halides is 1. The van der Waals surface area contributed by atoms with Crippen molar-refractivity contribution in [3.05, 3.63) is 33.3 Å². The molecule has 0 aliphatic carbocycles. The summed E-state index contributed by atoms with van der Waals surface area (Å²) in [6, 6.07) is 5.27. The van der Waals surface area contributed by atoms with Gasteiger partial charge in [0.1, 0.15) is 0 Å². The molecule has 0 atom stereocenters. The fraction of sp³-hybridized carbons (Fsp3) is 0.462. The van der Waals surface area contributed by atoms with Crippen LogP contribution in [0.4, 0.5) is 0 Å². The molecule has 0 aromatic heterocycles. The number of carbonyl (C=O) groups excluding carboxylic acids is 1. The van der Waals surface area contributed by atoms with Crippen molar-refractivity contribution >= 4 is 45.0 Å². The maximum absolute atomic E-state index is 12.3. The number of nitrogens with one attached hydrogen (secondary N) is 1. The van der Waals surface area contributed by atoms with Crippen LogP contribution in [0.3, 0.4) is 0 Å². The lowest BCUT2D eigenvalue weighted by Crippen LogP contribution is -2.53. The van der Waals surface area contributed by atoms with E-state index in [9.17, 15) is 4.79 Å². The molecule has 1 amide bonds. The maximum Gasteiger partial charge on any atom is 0.253 e. The lowest BCUT2D eigenvalue weighted by atomic mass is 9.92. The molecule has 1 saturated heterocycles. The average Bonchev–Trinajstić information content (AvgIpc) is 2.42. The van der Waals surface area contributed by atoms with Gasteiger partial charge in [0.05, 0.1) is 16.1 Å². The van der Waals surface area contributed by atoms with Crippen LogP contribution in [-0.2, 0) is 4.74 Å². The van der Waals surface area contributed by atoms with Crippen LogP contribution in [0.1, 0.15) is 23.2 Å². The lowest BCUT2D eigenvalue weighted by molar-refractivity contribution is 0.0434. The predicted octanol–water partition coefficient (Wildman–Crippen LogP) is 3.62. The van der Waals surface area contributed by atoms with E-state index in [1.54, 1.807) is 18.2 Å². The van der Waals surface area contributed by atoms with E-state index in [-0.39, 0.29) is 5.91 Å². The molecule has 2 rings (SSSR count). The fourth-order valence-corrected chi connectivity index (χ4v) is 2.95. The summed E-state index contributed by atoms with van der Waals surface area (Å²) in [6.45, 7) is 1.22. The van der Waals surface area contributed by atoms with Crippen LogP contribution >= 0.6 is 39.1 Å². The molecular weight excluding hydrogens is 353 g/mol. The van der Waals surface area contributed by atoms with Crippen molar-refractivity contribution in [1.29, 1.82) is 0 Å². The third-order valence-electron chi connectivity index (χ3n) is 3.28. The summed E-state index contributed by atoms with van der Waals surface area (Å²) < 4.78 is 6.02. The van der Waals surface area contributed by atoms with E-state index >= 15 is 0 Å². The Labute approximate surface area is 130 Å². The Bertz CT molecular complexity index is 476. The van der Waals surface area contributed by atoms with Gasteiger partial charge in [-0.15, -0.1) is 11.6 Å². The molecule has 0 saturated carbocycles. The molecule has 1 aromatic carbocycles. The van der Waals surface area contributed by atoms with E-state index in [1.807, 2.05) is 0 Å². The van der Waals surface area contributed by atoms with Gasteiger partial charge in [0, 0.05) is 23.6 Å². The highest BCUT2D eigenvalue weighted by Gasteiger charge is 2.34.